The number of fused-ring (bicyclic) bond motifs is 4. The zero-order valence-electron chi connectivity index (χ0n) is 11.7. The van der Waals surface area contributed by atoms with Crippen molar-refractivity contribution < 1.29 is 13.9 Å². The smallest absolute Gasteiger partial charge is 0.346 e. The van der Waals surface area contributed by atoms with Crippen LogP contribution >= 0.6 is 24.2 Å². The van der Waals surface area contributed by atoms with Gasteiger partial charge in [-0.3, -0.25) is 9.78 Å². The Bertz CT molecular complexity index is 795. The molecular formula is C14H12N4O3S2. The van der Waals surface area contributed by atoms with Gasteiger partial charge in [0, 0.05) is 40.6 Å². The molecule has 9 heteroatoms. The van der Waals surface area contributed by atoms with E-state index < -0.39 is 18.0 Å². The van der Waals surface area contributed by atoms with Crippen molar-refractivity contribution in [3.63, 3.8) is 0 Å². The maximum atomic E-state index is 12.3. The first-order chi connectivity index (χ1) is 11.1. The topological polar surface area (TPSA) is 88.8 Å². The lowest BCUT2D eigenvalue weighted by Crippen LogP contribution is -2.40. The van der Waals surface area contributed by atoms with Crippen molar-refractivity contribution in [3.05, 3.63) is 41.0 Å². The van der Waals surface area contributed by atoms with Crippen LogP contribution in [0.2, 0.25) is 0 Å². The monoisotopic (exact) mass is 348 g/mol. The standard InChI is InChI=1S/C14H12N4O3S2/c15-13(19)11-12-8(9-6-17(11)14(20)18(9)21-22)4-10(23-12)7-2-1-3-16-5-7/h1-5,9,11,22H,6H2,(H2,15,19). The Morgan fingerprint density at radius 1 is 1.52 bits per heavy atom. The van der Waals surface area contributed by atoms with Crippen LogP contribution in [-0.4, -0.2) is 33.4 Å². The minimum Gasteiger partial charge on any atom is -0.368 e. The molecule has 23 heavy (non-hydrogen) atoms. The highest BCUT2D eigenvalue weighted by atomic mass is 32.1. The number of nitrogens with two attached hydrogens (primary N) is 1. The first-order valence-corrected chi connectivity index (χ1v) is 8.04. The summed E-state index contributed by atoms with van der Waals surface area (Å²) >= 11 is 5.21. The number of carbonyl (C=O) groups excluding carboxylic acids is 2. The number of primary amides is 1. The summed E-state index contributed by atoms with van der Waals surface area (Å²) in [4.78, 5) is 31.5. The van der Waals surface area contributed by atoms with Crippen LogP contribution in [0.25, 0.3) is 10.4 Å². The number of thiophene rings is 1. The fourth-order valence-corrected chi connectivity index (χ4v) is 4.61. The van der Waals surface area contributed by atoms with Gasteiger partial charge in [0.1, 0.15) is 12.1 Å². The minimum atomic E-state index is -0.780. The second kappa shape index (κ2) is 5.22. The van der Waals surface area contributed by atoms with Crippen molar-refractivity contribution in [1.29, 1.82) is 0 Å². The Labute approximate surface area is 141 Å². The van der Waals surface area contributed by atoms with Gasteiger partial charge in [-0.15, -0.1) is 11.3 Å². The molecule has 2 atom stereocenters. The van der Waals surface area contributed by atoms with Gasteiger partial charge in [0.15, 0.2) is 0 Å². The van der Waals surface area contributed by atoms with Gasteiger partial charge in [0.25, 0.3) is 0 Å². The molecule has 1 saturated heterocycles. The van der Waals surface area contributed by atoms with Crippen LogP contribution in [0, 0.1) is 0 Å². The van der Waals surface area contributed by atoms with Gasteiger partial charge >= 0.3 is 6.03 Å². The lowest BCUT2D eigenvalue weighted by Gasteiger charge is -2.27. The molecule has 0 spiro atoms. The van der Waals surface area contributed by atoms with E-state index >= 15 is 0 Å². The number of rotatable bonds is 3. The molecule has 118 valence electrons. The molecular weight excluding hydrogens is 336 g/mol. The van der Waals surface area contributed by atoms with Crippen LogP contribution in [0.5, 0.6) is 0 Å². The van der Waals surface area contributed by atoms with Crippen LogP contribution in [0.15, 0.2) is 30.6 Å². The van der Waals surface area contributed by atoms with Crippen LogP contribution in [0.3, 0.4) is 0 Å². The van der Waals surface area contributed by atoms with E-state index in [0.717, 1.165) is 20.9 Å². The van der Waals surface area contributed by atoms with Gasteiger partial charge in [-0.25, -0.2) is 9.08 Å². The van der Waals surface area contributed by atoms with E-state index in [4.69, 9.17) is 10.0 Å². The van der Waals surface area contributed by atoms with Crippen molar-refractivity contribution in [2.24, 2.45) is 5.73 Å². The largest absolute Gasteiger partial charge is 0.368 e. The minimum absolute atomic E-state index is 0.299. The summed E-state index contributed by atoms with van der Waals surface area (Å²) in [6, 6.07) is 4.28. The highest BCUT2D eigenvalue weighted by molar-refractivity contribution is 7.75. The van der Waals surface area contributed by atoms with Crippen molar-refractivity contribution in [1.82, 2.24) is 14.9 Å². The van der Waals surface area contributed by atoms with Gasteiger partial charge in [-0.05, 0) is 17.7 Å². The number of amides is 3. The molecule has 1 fully saturated rings. The summed E-state index contributed by atoms with van der Waals surface area (Å²) in [5.74, 6) is -0.557. The lowest BCUT2D eigenvalue weighted by atomic mass is 9.98. The van der Waals surface area contributed by atoms with E-state index in [1.807, 2.05) is 18.2 Å². The predicted molar refractivity (Wildman–Crippen MR) is 86.2 cm³/mol. The fraction of sp³-hybridized carbons (Fsp3) is 0.214. The molecule has 0 aromatic carbocycles. The van der Waals surface area contributed by atoms with E-state index in [1.54, 1.807) is 12.4 Å². The molecule has 4 rings (SSSR count). The number of carbonyl (C=O) groups is 2. The molecule has 2 N–H and O–H groups in total. The molecule has 0 radical (unpaired) electrons. The van der Waals surface area contributed by atoms with Gasteiger partial charge in [0.2, 0.25) is 5.91 Å². The van der Waals surface area contributed by atoms with Crippen molar-refractivity contribution in [2.75, 3.05) is 6.54 Å². The Hall–Kier alpha value is -2.10. The maximum absolute atomic E-state index is 12.3. The van der Waals surface area contributed by atoms with E-state index in [1.165, 1.54) is 21.3 Å². The first-order valence-electron chi connectivity index (χ1n) is 6.86. The molecule has 2 aromatic rings. The fourth-order valence-electron chi connectivity index (χ4n) is 3.10. The third kappa shape index (κ3) is 2.04. The summed E-state index contributed by atoms with van der Waals surface area (Å²) < 4.78 is 4.91. The van der Waals surface area contributed by atoms with Crippen LogP contribution in [-0.2, 0) is 9.08 Å². The predicted octanol–water partition coefficient (Wildman–Crippen LogP) is 1.91. The zero-order chi connectivity index (χ0) is 16.1. The quantitative estimate of drug-likeness (QED) is 0.655. The molecule has 2 bridgehead atoms. The van der Waals surface area contributed by atoms with E-state index in [0.29, 0.717) is 6.54 Å². The van der Waals surface area contributed by atoms with Gasteiger partial charge in [0.05, 0.1) is 6.54 Å². The molecule has 2 unspecified atom stereocenters. The molecule has 2 aliphatic rings. The molecule has 4 heterocycles. The summed E-state index contributed by atoms with van der Waals surface area (Å²) in [6.45, 7) is 0.350. The molecule has 3 amide bonds. The SMILES string of the molecule is NC(=O)C1c2sc(-c3cccnc3)cc2C2CN1C(=O)N2OS. The summed E-state index contributed by atoms with van der Waals surface area (Å²) in [6.07, 6.45) is 3.46. The number of urea groups is 1. The summed E-state index contributed by atoms with van der Waals surface area (Å²) in [5.41, 5.74) is 7.37. The second-order valence-electron chi connectivity index (χ2n) is 5.34. The van der Waals surface area contributed by atoms with Crippen LogP contribution in [0.1, 0.15) is 22.5 Å². The lowest BCUT2D eigenvalue weighted by molar-refractivity contribution is -0.122. The highest BCUT2D eigenvalue weighted by Crippen LogP contribution is 2.49. The molecule has 2 aliphatic heterocycles. The third-order valence-corrected chi connectivity index (χ3v) is 5.53. The van der Waals surface area contributed by atoms with Crippen LogP contribution < -0.4 is 5.73 Å². The molecule has 0 aliphatic carbocycles. The molecule has 2 aromatic heterocycles. The number of hydroxylamine groups is 2. The van der Waals surface area contributed by atoms with E-state index in [-0.39, 0.29) is 6.04 Å². The van der Waals surface area contributed by atoms with Crippen molar-refractivity contribution >= 4 is 36.2 Å². The Morgan fingerprint density at radius 2 is 2.35 bits per heavy atom. The number of pyridine rings is 1. The zero-order valence-corrected chi connectivity index (χ0v) is 13.5. The van der Waals surface area contributed by atoms with Gasteiger partial charge in [-0.2, -0.15) is 5.06 Å². The van der Waals surface area contributed by atoms with Crippen molar-refractivity contribution in [3.8, 4) is 10.4 Å². The molecule has 7 nitrogen and oxygen atoms in total. The molecule has 0 saturated carbocycles. The Kier molecular flexibility index (Phi) is 3.29. The summed E-state index contributed by atoms with van der Waals surface area (Å²) in [5, 5.41) is 1.17. The Morgan fingerprint density at radius 3 is 3.00 bits per heavy atom. The number of aromatic nitrogens is 1. The maximum Gasteiger partial charge on any atom is 0.346 e. The number of hydrogen-bond acceptors (Lipinski definition) is 6. The van der Waals surface area contributed by atoms with Crippen LogP contribution in [0.4, 0.5) is 4.79 Å². The second-order valence-corrected chi connectivity index (χ2v) is 6.58. The number of nitrogens with zero attached hydrogens (tertiary/aromatic N) is 3. The van der Waals surface area contributed by atoms with E-state index in [2.05, 4.69) is 17.9 Å². The average Bonchev–Trinajstić information content (AvgIpc) is 3.10. The number of hydrogen-bond donors (Lipinski definition) is 2. The van der Waals surface area contributed by atoms with Crippen molar-refractivity contribution in [2.45, 2.75) is 12.1 Å². The normalized spacial score (nSPS) is 22.4. The van der Waals surface area contributed by atoms with Gasteiger partial charge in [-0.1, -0.05) is 6.07 Å². The van der Waals surface area contributed by atoms with Gasteiger partial charge < -0.3 is 10.6 Å². The summed E-state index contributed by atoms with van der Waals surface area (Å²) in [7, 11) is 0. The average molecular weight is 348 g/mol. The van der Waals surface area contributed by atoms with E-state index in [9.17, 15) is 9.59 Å². The Balaban J connectivity index is 1.86. The number of thiol groups is 1. The third-order valence-electron chi connectivity index (χ3n) is 4.10. The highest BCUT2D eigenvalue weighted by Gasteiger charge is 2.51. The first kappa shape index (κ1) is 14.5.